The summed E-state index contributed by atoms with van der Waals surface area (Å²) in [6, 6.07) is 11.3. The minimum absolute atomic E-state index is 0.321. The van der Waals surface area contributed by atoms with Gasteiger partial charge in [-0.3, -0.25) is 0 Å². The largest absolute Gasteiger partial charge is 0.212 e. The van der Waals surface area contributed by atoms with E-state index in [1.165, 1.54) is 27.9 Å². The molecule has 2 aromatic rings. The van der Waals surface area contributed by atoms with Crippen LogP contribution < -0.4 is 4.57 Å². The van der Waals surface area contributed by atoms with E-state index in [0.717, 1.165) is 6.42 Å². The molecule has 0 atom stereocenters. The summed E-state index contributed by atoms with van der Waals surface area (Å²) in [7, 11) is 2.12. The Morgan fingerprint density at radius 2 is 1.70 bits per heavy atom. The molecule has 0 aliphatic rings. The number of hydrogen-bond donors (Lipinski definition) is 0. The van der Waals surface area contributed by atoms with Crippen LogP contribution in [0.25, 0.3) is 11.3 Å². The number of nitrogens with zero attached hydrogens (tertiary/aromatic N) is 1. The van der Waals surface area contributed by atoms with E-state index in [0.29, 0.717) is 5.41 Å². The third-order valence-corrected chi connectivity index (χ3v) is 3.59. The van der Waals surface area contributed by atoms with Gasteiger partial charge in [-0.1, -0.05) is 32.9 Å². The lowest BCUT2D eigenvalue weighted by atomic mass is 9.87. The zero-order chi connectivity index (χ0) is 14.9. The van der Waals surface area contributed by atoms with Crippen LogP contribution in [0.5, 0.6) is 0 Å². The van der Waals surface area contributed by atoms with Crippen LogP contribution in [-0.4, -0.2) is 0 Å². The Balaban J connectivity index is 2.48. The fourth-order valence-corrected chi connectivity index (χ4v) is 2.69. The van der Waals surface area contributed by atoms with E-state index in [-0.39, 0.29) is 0 Å². The summed E-state index contributed by atoms with van der Waals surface area (Å²) in [6.07, 6.45) is 3.29. The van der Waals surface area contributed by atoms with Crippen LogP contribution in [0.2, 0.25) is 0 Å². The van der Waals surface area contributed by atoms with Gasteiger partial charge in [0, 0.05) is 17.2 Å². The number of aryl methyl sites for hydroxylation is 3. The molecule has 2 rings (SSSR count). The Bertz CT molecular complexity index is 618. The van der Waals surface area contributed by atoms with Gasteiger partial charge in [-0.25, -0.2) is 4.57 Å². The van der Waals surface area contributed by atoms with Gasteiger partial charge in [0.1, 0.15) is 7.05 Å². The number of rotatable bonds is 2. The summed E-state index contributed by atoms with van der Waals surface area (Å²) in [5.74, 6) is 0. The molecule has 1 heteroatoms. The maximum Gasteiger partial charge on any atom is 0.212 e. The maximum atomic E-state index is 2.35. The average Bonchev–Trinajstić information content (AvgIpc) is 2.30. The zero-order valence-corrected chi connectivity index (χ0v) is 13.6. The molecule has 0 fully saturated rings. The second-order valence-electron chi connectivity index (χ2n) is 7.09. The van der Waals surface area contributed by atoms with Gasteiger partial charge in [-0.05, 0) is 48.9 Å². The molecule has 0 saturated heterocycles. The van der Waals surface area contributed by atoms with Crippen molar-refractivity contribution in [3.63, 3.8) is 0 Å². The Kier molecular flexibility index (Phi) is 3.99. The van der Waals surface area contributed by atoms with Crippen LogP contribution in [0.3, 0.4) is 0 Å². The SMILES string of the molecule is Cc1ccc(-c2cc(CC(C)(C)C)ccc2C)[n+](C)c1. The molecule has 1 aromatic heterocycles. The third-order valence-electron chi connectivity index (χ3n) is 3.59. The van der Waals surface area contributed by atoms with E-state index >= 15 is 0 Å². The summed E-state index contributed by atoms with van der Waals surface area (Å²) in [5.41, 5.74) is 6.99. The molecule has 0 saturated carbocycles. The Morgan fingerprint density at radius 1 is 1.00 bits per heavy atom. The standard InChI is InChI=1S/C19H26N/c1-14-7-10-18(20(6)13-14)17-11-16(9-8-15(17)2)12-19(3,4)5/h7-11,13H,12H2,1-6H3/q+1. The van der Waals surface area contributed by atoms with E-state index in [4.69, 9.17) is 0 Å². The van der Waals surface area contributed by atoms with E-state index in [1.54, 1.807) is 0 Å². The van der Waals surface area contributed by atoms with Crippen LogP contribution in [0.4, 0.5) is 0 Å². The Hall–Kier alpha value is -1.63. The number of pyridine rings is 1. The molecule has 0 unspecified atom stereocenters. The minimum Gasteiger partial charge on any atom is -0.201 e. The lowest BCUT2D eigenvalue weighted by molar-refractivity contribution is -0.660. The maximum absolute atomic E-state index is 2.35. The van der Waals surface area contributed by atoms with Crippen molar-refractivity contribution in [1.82, 2.24) is 0 Å². The Morgan fingerprint density at radius 3 is 2.30 bits per heavy atom. The molecule has 1 aromatic carbocycles. The molecular weight excluding hydrogens is 242 g/mol. The lowest BCUT2D eigenvalue weighted by Crippen LogP contribution is -2.31. The van der Waals surface area contributed by atoms with E-state index < -0.39 is 0 Å². The first-order valence-electron chi connectivity index (χ1n) is 7.32. The smallest absolute Gasteiger partial charge is 0.201 e. The van der Waals surface area contributed by atoms with Gasteiger partial charge in [0.05, 0.1) is 0 Å². The van der Waals surface area contributed by atoms with Crippen LogP contribution in [0, 0.1) is 19.3 Å². The fourth-order valence-electron chi connectivity index (χ4n) is 2.69. The molecule has 0 aliphatic heterocycles. The first-order chi connectivity index (χ1) is 9.26. The zero-order valence-electron chi connectivity index (χ0n) is 13.6. The van der Waals surface area contributed by atoms with Crippen molar-refractivity contribution in [2.24, 2.45) is 12.5 Å². The molecule has 0 aliphatic carbocycles. The second kappa shape index (κ2) is 5.40. The van der Waals surface area contributed by atoms with Gasteiger partial charge in [-0.15, -0.1) is 0 Å². The summed E-state index contributed by atoms with van der Waals surface area (Å²) in [4.78, 5) is 0. The summed E-state index contributed by atoms with van der Waals surface area (Å²) in [6.45, 7) is 11.2. The molecular formula is C19H26N+. The molecule has 0 spiro atoms. The molecule has 20 heavy (non-hydrogen) atoms. The summed E-state index contributed by atoms with van der Waals surface area (Å²) in [5, 5.41) is 0. The highest BCUT2D eigenvalue weighted by atomic mass is 14.9. The molecule has 1 nitrogen and oxygen atoms in total. The average molecular weight is 268 g/mol. The number of aromatic nitrogens is 1. The van der Waals surface area contributed by atoms with Crippen molar-refractivity contribution in [3.8, 4) is 11.3 Å². The van der Waals surface area contributed by atoms with Gasteiger partial charge in [-0.2, -0.15) is 0 Å². The highest BCUT2D eigenvalue weighted by Crippen LogP contribution is 2.26. The molecule has 0 amide bonds. The lowest BCUT2D eigenvalue weighted by Gasteiger charge is -2.19. The predicted molar refractivity (Wildman–Crippen MR) is 85.7 cm³/mol. The van der Waals surface area contributed by atoms with Crippen molar-refractivity contribution in [3.05, 3.63) is 53.2 Å². The number of benzene rings is 1. The van der Waals surface area contributed by atoms with Gasteiger partial charge in [0.2, 0.25) is 5.69 Å². The van der Waals surface area contributed by atoms with E-state index in [1.807, 2.05) is 0 Å². The summed E-state index contributed by atoms with van der Waals surface area (Å²) < 4.78 is 2.22. The van der Waals surface area contributed by atoms with Gasteiger partial charge >= 0.3 is 0 Å². The normalized spacial score (nSPS) is 11.7. The molecule has 0 radical (unpaired) electrons. The predicted octanol–water partition coefficient (Wildman–Crippen LogP) is 4.38. The molecule has 0 bridgehead atoms. The van der Waals surface area contributed by atoms with Crippen molar-refractivity contribution < 1.29 is 4.57 Å². The third kappa shape index (κ3) is 3.47. The van der Waals surface area contributed by atoms with Crippen molar-refractivity contribution in [1.29, 1.82) is 0 Å². The van der Waals surface area contributed by atoms with Crippen LogP contribution in [-0.2, 0) is 13.5 Å². The van der Waals surface area contributed by atoms with Crippen molar-refractivity contribution in [2.45, 2.75) is 41.0 Å². The molecule has 0 N–H and O–H groups in total. The monoisotopic (exact) mass is 268 g/mol. The fraction of sp³-hybridized carbons (Fsp3) is 0.421. The van der Waals surface area contributed by atoms with Gasteiger partial charge in [0.25, 0.3) is 0 Å². The second-order valence-corrected chi connectivity index (χ2v) is 7.09. The van der Waals surface area contributed by atoms with Crippen LogP contribution in [0.1, 0.15) is 37.5 Å². The molecule has 106 valence electrons. The van der Waals surface area contributed by atoms with Crippen LogP contribution in [0.15, 0.2) is 36.5 Å². The highest BCUT2D eigenvalue weighted by Gasteiger charge is 2.16. The van der Waals surface area contributed by atoms with Gasteiger partial charge < -0.3 is 0 Å². The quantitative estimate of drug-likeness (QED) is 0.711. The minimum atomic E-state index is 0.321. The van der Waals surface area contributed by atoms with Gasteiger partial charge in [0.15, 0.2) is 6.20 Å². The van der Waals surface area contributed by atoms with E-state index in [2.05, 4.69) is 82.8 Å². The van der Waals surface area contributed by atoms with Crippen molar-refractivity contribution in [2.75, 3.05) is 0 Å². The first-order valence-corrected chi connectivity index (χ1v) is 7.32. The van der Waals surface area contributed by atoms with Crippen molar-refractivity contribution >= 4 is 0 Å². The first kappa shape index (κ1) is 14.8. The number of hydrogen-bond acceptors (Lipinski definition) is 0. The summed E-state index contributed by atoms with van der Waals surface area (Å²) >= 11 is 0. The van der Waals surface area contributed by atoms with E-state index in [9.17, 15) is 0 Å². The topological polar surface area (TPSA) is 3.88 Å². The Labute approximate surface area is 123 Å². The van der Waals surface area contributed by atoms with Crippen LogP contribution >= 0.6 is 0 Å². The highest BCUT2D eigenvalue weighted by molar-refractivity contribution is 5.62. The molecule has 1 heterocycles.